The van der Waals surface area contributed by atoms with E-state index in [0.717, 1.165) is 55.9 Å². The Labute approximate surface area is 222 Å². The molecule has 196 valence electrons. The molecule has 2 aromatic rings. The SMILES string of the molecule is C=CCCC(=C)C.CC1CCN(CCC(C(=O)N(C)Cc2ccc(Cl)cc2)c2ccc(F)cc2)CC1. The zero-order chi connectivity index (χ0) is 26.5. The Morgan fingerprint density at radius 1 is 1.17 bits per heavy atom. The molecule has 5 heteroatoms. The molecule has 1 atom stereocenters. The summed E-state index contributed by atoms with van der Waals surface area (Å²) in [6, 6.07) is 13.9. The first-order valence-corrected chi connectivity index (χ1v) is 13.3. The lowest BCUT2D eigenvalue weighted by Crippen LogP contribution is -2.37. The van der Waals surface area contributed by atoms with Crippen molar-refractivity contribution in [2.75, 3.05) is 26.7 Å². The minimum Gasteiger partial charge on any atom is -0.341 e. The van der Waals surface area contributed by atoms with Gasteiger partial charge in [-0.25, -0.2) is 4.39 Å². The van der Waals surface area contributed by atoms with Crippen molar-refractivity contribution in [3.05, 3.63) is 95.3 Å². The van der Waals surface area contributed by atoms with Crippen molar-refractivity contribution in [2.24, 2.45) is 5.92 Å². The lowest BCUT2D eigenvalue weighted by Gasteiger charge is -2.32. The number of carbonyl (C=O) groups is 1. The van der Waals surface area contributed by atoms with Gasteiger partial charge in [0, 0.05) is 18.6 Å². The van der Waals surface area contributed by atoms with Crippen molar-refractivity contribution in [3.8, 4) is 0 Å². The first-order chi connectivity index (χ1) is 17.2. The number of rotatable bonds is 10. The van der Waals surface area contributed by atoms with Gasteiger partial charge >= 0.3 is 0 Å². The van der Waals surface area contributed by atoms with Crippen LogP contribution in [0.15, 0.2) is 73.3 Å². The van der Waals surface area contributed by atoms with Crippen LogP contribution in [0.3, 0.4) is 0 Å². The maximum absolute atomic E-state index is 13.4. The fraction of sp³-hybridized carbons (Fsp3) is 0.452. The number of hydrogen-bond donors (Lipinski definition) is 0. The van der Waals surface area contributed by atoms with Gasteiger partial charge in [0.05, 0.1) is 5.92 Å². The van der Waals surface area contributed by atoms with Crippen LogP contribution >= 0.6 is 11.6 Å². The summed E-state index contributed by atoms with van der Waals surface area (Å²) in [6.07, 6.45) is 7.23. The summed E-state index contributed by atoms with van der Waals surface area (Å²) in [5.41, 5.74) is 3.15. The topological polar surface area (TPSA) is 23.6 Å². The van der Waals surface area contributed by atoms with Gasteiger partial charge in [-0.3, -0.25) is 4.79 Å². The molecule has 0 saturated carbocycles. The number of piperidine rings is 1. The standard InChI is InChI=1S/C24H30ClFN2O.C7H12/c1-18-11-14-28(15-12-18)16-13-23(20-5-9-22(26)10-6-20)24(29)27(2)17-19-3-7-21(25)8-4-19;1-4-5-6-7(2)3/h3-10,18,23H,11-17H2,1-2H3;4H,1-2,5-6H2,3H3. The summed E-state index contributed by atoms with van der Waals surface area (Å²) in [7, 11) is 1.83. The van der Waals surface area contributed by atoms with E-state index in [-0.39, 0.29) is 17.6 Å². The van der Waals surface area contributed by atoms with Gasteiger partial charge < -0.3 is 9.80 Å². The Bertz CT molecular complexity index is 950. The van der Waals surface area contributed by atoms with Crippen LogP contribution in [0.2, 0.25) is 5.02 Å². The van der Waals surface area contributed by atoms with Gasteiger partial charge in [0.1, 0.15) is 5.82 Å². The summed E-state index contributed by atoms with van der Waals surface area (Å²) in [5, 5.41) is 0.683. The number of likely N-dealkylation sites (N-methyl/N-ethyl adjacent to an activating group) is 1. The second-order valence-electron chi connectivity index (χ2n) is 10.0. The van der Waals surface area contributed by atoms with Crippen molar-refractivity contribution in [2.45, 2.75) is 58.4 Å². The molecule has 1 saturated heterocycles. The van der Waals surface area contributed by atoms with Crippen LogP contribution in [0.25, 0.3) is 0 Å². The first-order valence-electron chi connectivity index (χ1n) is 12.9. The highest BCUT2D eigenvalue weighted by atomic mass is 35.5. The van der Waals surface area contributed by atoms with E-state index in [9.17, 15) is 9.18 Å². The third kappa shape index (κ3) is 10.7. The van der Waals surface area contributed by atoms with Gasteiger partial charge in [-0.1, -0.05) is 54.4 Å². The van der Waals surface area contributed by atoms with Crippen LogP contribution in [0.5, 0.6) is 0 Å². The normalized spacial score (nSPS) is 14.9. The van der Waals surface area contributed by atoms with Gasteiger partial charge in [0.25, 0.3) is 0 Å². The van der Waals surface area contributed by atoms with E-state index in [0.29, 0.717) is 11.6 Å². The number of amides is 1. The average Bonchev–Trinajstić information content (AvgIpc) is 2.86. The minimum absolute atomic E-state index is 0.0666. The molecule has 1 aliphatic rings. The molecule has 3 rings (SSSR count). The minimum atomic E-state index is -0.278. The summed E-state index contributed by atoms with van der Waals surface area (Å²) in [5.74, 6) is 0.301. The summed E-state index contributed by atoms with van der Waals surface area (Å²) in [4.78, 5) is 17.5. The summed E-state index contributed by atoms with van der Waals surface area (Å²) in [6.45, 7) is 15.3. The molecule has 0 aliphatic carbocycles. The van der Waals surface area contributed by atoms with Gasteiger partial charge in [-0.2, -0.15) is 0 Å². The van der Waals surface area contributed by atoms with Crippen molar-refractivity contribution in [3.63, 3.8) is 0 Å². The molecule has 3 nitrogen and oxygen atoms in total. The summed E-state index contributed by atoms with van der Waals surface area (Å²) >= 11 is 5.96. The molecule has 1 aliphatic heterocycles. The van der Waals surface area contributed by atoms with Crippen LogP contribution in [-0.2, 0) is 11.3 Å². The maximum atomic E-state index is 13.4. The van der Waals surface area contributed by atoms with E-state index < -0.39 is 0 Å². The predicted molar refractivity (Wildman–Crippen MR) is 151 cm³/mol. The quantitative estimate of drug-likeness (QED) is 0.302. The molecule has 0 bridgehead atoms. The second-order valence-corrected chi connectivity index (χ2v) is 10.5. The van der Waals surface area contributed by atoms with Gasteiger partial charge in [0.15, 0.2) is 0 Å². The molecule has 1 fully saturated rings. The number of carbonyl (C=O) groups excluding carboxylic acids is 1. The van der Waals surface area contributed by atoms with Gasteiger partial charge in [0.2, 0.25) is 5.91 Å². The fourth-order valence-corrected chi connectivity index (χ4v) is 4.41. The molecule has 0 aromatic heterocycles. The Morgan fingerprint density at radius 3 is 2.31 bits per heavy atom. The number of benzene rings is 2. The van der Waals surface area contributed by atoms with E-state index in [1.54, 1.807) is 17.0 Å². The molecular weight excluding hydrogens is 471 g/mol. The molecule has 36 heavy (non-hydrogen) atoms. The average molecular weight is 513 g/mol. The Morgan fingerprint density at radius 2 is 1.78 bits per heavy atom. The van der Waals surface area contributed by atoms with Gasteiger partial charge in [-0.05, 0) is 100.0 Å². The highest BCUT2D eigenvalue weighted by Crippen LogP contribution is 2.25. The lowest BCUT2D eigenvalue weighted by atomic mass is 9.92. The monoisotopic (exact) mass is 512 g/mol. The number of halogens is 2. The highest BCUT2D eigenvalue weighted by molar-refractivity contribution is 6.30. The van der Waals surface area contributed by atoms with E-state index in [1.807, 2.05) is 44.3 Å². The molecule has 1 heterocycles. The molecule has 1 unspecified atom stereocenters. The van der Waals surface area contributed by atoms with Crippen molar-refractivity contribution in [1.29, 1.82) is 0 Å². The second kappa shape index (κ2) is 15.6. The number of allylic oxidation sites excluding steroid dienone is 2. The van der Waals surface area contributed by atoms with Gasteiger partial charge in [-0.15, -0.1) is 13.2 Å². The molecule has 1 amide bonds. The third-order valence-corrected chi connectivity index (χ3v) is 6.92. The van der Waals surface area contributed by atoms with E-state index in [2.05, 4.69) is 25.0 Å². The largest absolute Gasteiger partial charge is 0.341 e. The van der Waals surface area contributed by atoms with E-state index >= 15 is 0 Å². The van der Waals surface area contributed by atoms with Crippen LogP contribution in [0.4, 0.5) is 4.39 Å². The van der Waals surface area contributed by atoms with E-state index in [4.69, 9.17) is 11.6 Å². The summed E-state index contributed by atoms with van der Waals surface area (Å²) < 4.78 is 13.4. The number of hydrogen-bond acceptors (Lipinski definition) is 2. The van der Waals surface area contributed by atoms with Crippen molar-refractivity contribution >= 4 is 17.5 Å². The maximum Gasteiger partial charge on any atom is 0.230 e. The third-order valence-electron chi connectivity index (χ3n) is 6.67. The zero-order valence-electron chi connectivity index (χ0n) is 22.2. The lowest BCUT2D eigenvalue weighted by molar-refractivity contribution is -0.132. The smallest absolute Gasteiger partial charge is 0.230 e. The fourth-order valence-electron chi connectivity index (χ4n) is 4.28. The Hall–Kier alpha value is -2.43. The first kappa shape index (κ1) is 29.8. The molecule has 0 N–H and O–H groups in total. The number of nitrogens with zero attached hydrogens (tertiary/aromatic N) is 2. The van der Waals surface area contributed by atoms with E-state index in [1.165, 1.54) is 30.5 Å². The van der Waals surface area contributed by atoms with Crippen LogP contribution in [-0.4, -0.2) is 42.4 Å². The van der Waals surface area contributed by atoms with Crippen LogP contribution in [0, 0.1) is 11.7 Å². The van der Waals surface area contributed by atoms with Crippen molar-refractivity contribution in [1.82, 2.24) is 9.80 Å². The molecule has 2 aromatic carbocycles. The highest BCUT2D eigenvalue weighted by Gasteiger charge is 2.26. The molecular formula is C31H42ClFN2O. The predicted octanol–water partition coefficient (Wildman–Crippen LogP) is 7.87. The Kier molecular flexibility index (Phi) is 12.9. The van der Waals surface area contributed by atoms with Crippen LogP contribution < -0.4 is 0 Å². The molecule has 0 radical (unpaired) electrons. The van der Waals surface area contributed by atoms with Crippen molar-refractivity contribution < 1.29 is 9.18 Å². The number of likely N-dealkylation sites (tertiary alicyclic amines) is 1. The zero-order valence-corrected chi connectivity index (χ0v) is 22.9. The molecule has 0 spiro atoms. The Balaban J connectivity index is 0.000000572. The van der Waals surface area contributed by atoms with Crippen LogP contribution in [0.1, 0.15) is 63.0 Å².